The van der Waals surface area contributed by atoms with E-state index in [4.69, 9.17) is 0 Å². The summed E-state index contributed by atoms with van der Waals surface area (Å²) in [5.74, 6) is -2.88. The highest BCUT2D eigenvalue weighted by Gasteiger charge is 2.14. The number of fused-ring (bicyclic) bond motifs is 1. The standard InChI is InChI=1S/C34H34F6O/c1-2-3-4-5-6-7-24-20-29(35)28(30(36)21-24)16-10-22-9-15-27-26(18-22)14-13-25(33(27)38)12-8-23-11-17-32(31(37)19-23)41-34(39)40/h9,11,13-15,17-21,34H,2-8,10,12,16H2,1H3. The molecule has 0 saturated heterocycles. The number of aryl methyl sites for hydroxylation is 4. The molecule has 218 valence electrons. The minimum absolute atomic E-state index is 0.0617. The van der Waals surface area contributed by atoms with E-state index in [2.05, 4.69) is 11.7 Å². The van der Waals surface area contributed by atoms with E-state index in [9.17, 15) is 22.0 Å². The lowest BCUT2D eigenvalue weighted by molar-refractivity contribution is -0.0522. The summed E-state index contributed by atoms with van der Waals surface area (Å²) in [6.07, 6.45) is 7.27. The first-order chi connectivity index (χ1) is 19.7. The highest BCUT2D eigenvalue weighted by molar-refractivity contribution is 5.84. The van der Waals surface area contributed by atoms with Gasteiger partial charge in [-0.3, -0.25) is 0 Å². The van der Waals surface area contributed by atoms with Crippen LogP contribution in [0.15, 0.2) is 60.7 Å². The maximum Gasteiger partial charge on any atom is 0.387 e. The Morgan fingerprint density at radius 3 is 1.98 bits per heavy atom. The third-order valence-corrected chi connectivity index (χ3v) is 7.43. The Bertz CT molecular complexity index is 1440. The summed E-state index contributed by atoms with van der Waals surface area (Å²) in [4.78, 5) is 0. The zero-order chi connectivity index (χ0) is 29.4. The van der Waals surface area contributed by atoms with Gasteiger partial charge < -0.3 is 4.74 Å². The molecule has 0 aliphatic heterocycles. The molecule has 0 atom stereocenters. The first kappa shape index (κ1) is 30.5. The Balaban J connectivity index is 1.38. The molecule has 0 fully saturated rings. The van der Waals surface area contributed by atoms with Crippen molar-refractivity contribution < 1.29 is 31.1 Å². The van der Waals surface area contributed by atoms with E-state index in [1.165, 1.54) is 24.6 Å². The molecule has 0 heterocycles. The summed E-state index contributed by atoms with van der Waals surface area (Å²) in [7, 11) is 0. The Labute approximate surface area is 237 Å². The summed E-state index contributed by atoms with van der Waals surface area (Å²) in [6, 6.07) is 15.3. The van der Waals surface area contributed by atoms with Crippen molar-refractivity contribution in [2.75, 3.05) is 0 Å². The van der Waals surface area contributed by atoms with Gasteiger partial charge in [-0.15, -0.1) is 0 Å². The fourth-order valence-electron chi connectivity index (χ4n) is 5.15. The van der Waals surface area contributed by atoms with E-state index in [0.29, 0.717) is 46.7 Å². The van der Waals surface area contributed by atoms with Crippen LogP contribution in [0, 0.1) is 23.3 Å². The van der Waals surface area contributed by atoms with Crippen molar-refractivity contribution in [3.05, 3.63) is 112 Å². The number of unbranched alkanes of at least 4 members (excludes halogenated alkanes) is 4. The summed E-state index contributed by atoms with van der Waals surface area (Å²) in [5, 5.41) is 1.08. The lowest BCUT2D eigenvalue weighted by Crippen LogP contribution is -2.04. The third kappa shape index (κ3) is 8.27. The smallest absolute Gasteiger partial charge is 0.387 e. The van der Waals surface area contributed by atoms with E-state index < -0.39 is 35.6 Å². The summed E-state index contributed by atoms with van der Waals surface area (Å²) < 4.78 is 87.5. The quantitative estimate of drug-likeness (QED) is 0.108. The molecule has 4 aromatic carbocycles. The molecule has 0 bridgehead atoms. The van der Waals surface area contributed by atoms with Crippen molar-refractivity contribution in [1.82, 2.24) is 0 Å². The van der Waals surface area contributed by atoms with Crippen LogP contribution in [0.5, 0.6) is 5.75 Å². The maximum absolute atomic E-state index is 15.3. The van der Waals surface area contributed by atoms with Gasteiger partial charge in [0.1, 0.15) is 17.5 Å². The van der Waals surface area contributed by atoms with Gasteiger partial charge in [-0.05, 0) is 90.4 Å². The number of halogens is 6. The third-order valence-electron chi connectivity index (χ3n) is 7.43. The highest BCUT2D eigenvalue weighted by Crippen LogP contribution is 2.26. The van der Waals surface area contributed by atoms with E-state index in [1.54, 1.807) is 24.3 Å². The van der Waals surface area contributed by atoms with Crippen molar-refractivity contribution in [3.63, 3.8) is 0 Å². The van der Waals surface area contributed by atoms with Gasteiger partial charge in [0, 0.05) is 10.9 Å². The van der Waals surface area contributed by atoms with Gasteiger partial charge in [0.05, 0.1) is 0 Å². The SMILES string of the molecule is CCCCCCCc1cc(F)c(CCc2ccc3c(F)c(CCc4ccc(OC(F)F)c(F)c4)ccc3c2)c(F)c1. The number of rotatable bonds is 14. The minimum Gasteiger partial charge on any atom is -0.432 e. The molecule has 7 heteroatoms. The van der Waals surface area contributed by atoms with Gasteiger partial charge in [-0.25, -0.2) is 17.6 Å². The predicted octanol–water partition coefficient (Wildman–Crippen LogP) is 10.1. The highest BCUT2D eigenvalue weighted by atomic mass is 19.3. The molecule has 4 rings (SSSR count). The second-order valence-corrected chi connectivity index (χ2v) is 10.4. The molecule has 0 radical (unpaired) electrons. The van der Waals surface area contributed by atoms with E-state index >= 15 is 4.39 Å². The van der Waals surface area contributed by atoms with Crippen molar-refractivity contribution in [3.8, 4) is 5.75 Å². The van der Waals surface area contributed by atoms with Crippen LogP contribution in [-0.2, 0) is 32.1 Å². The van der Waals surface area contributed by atoms with E-state index in [0.717, 1.165) is 43.4 Å². The summed E-state index contributed by atoms with van der Waals surface area (Å²) in [5.41, 5.74) is 2.54. The van der Waals surface area contributed by atoms with Gasteiger partial charge in [0.15, 0.2) is 11.6 Å². The Kier molecular flexibility index (Phi) is 10.7. The molecule has 0 aliphatic carbocycles. The molecule has 1 nitrogen and oxygen atoms in total. The molecule has 0 aliphatic rings. The molecule has 0 amide bonds. The molecule has 0 aromatic heterocycles. The topological polar surface area (TPSA) is 9.23 Å². The lowest BCUT2D eigenvalue weighted by atomic mass is 9.96. The minimum atomic E-state index is -3.12. The zero-order valence-electron chi connectivity index (χ0n) is 23.1. The normalized spacial score (nSPS) is 11.5. The average molecular weight is 573 g/mol. The molecular formula is C34H34F6O. The second kappa shape index (κ2) is 14.4. The van der Waals surface area contributed by atoms with Crippen LogP contribution in [0.2, 0.25) is 0 Å². The maximum atomic E-state index is 15.3. The summed E-state index contributed by atoms with van der Waals surface area (Å²) >= 11 is 0. The van der Waals surface area contributed by atoms with Crippen LogP contribution in [0.1, 0.15) is 66.8 Å². The van der Waals surface area contributed by atoms with Crippen LogP contribution in [0.4, 0.5) is 26.3 Å². The van der Waals surface area contributed by atoms with Gasteiger partial charge in [-0.1, -0.05) is 69.0 Å². The van der Waals surface area contributed by atoms with E-state index in [1.807, 2.05) is 6.07 Å². The number of hydrogen-bond donors (Lipinski definition) is 0. The number of hydrogen-bond acceptors (Lipinski definition) is 1. The Morgan fingerprint density at radius 2 is 1.27 bits per heavy atom. The van der Waals surface area contributed by atoms with Gasteiger partial charge in [0.2, 0.25) is 0 Å². The summed E-state index contributed by atoms with van der Waals surface area (Å²) in [6.45, 7) is -0.974. The molecule has 41 heavy (non-hydrogen) atoms. The predicted molar refractivity (Wildman–Crippen MR) is 151 cm³/mol. The van der Waals surface area contributed by atoms with Crippen LogP contribution in [-0.4, -0.2) is 6.61 Å². The first-order valence-electron chi connectivity index (χ1n) is 14.1. The molecule has 0 N–H and O–H groups in total. The van der Waals surface area contributed by atoms with Crippen LogP contribution in [0.25, 0.3) is 10.8 Å². The van der Waals surface area contributed by atoms with Crippen LogP contribution in [0.3, 0.4) is 0 Å². The van der Waals surface area contributed by atoms with Gasteiger partial charge in [0.25, 0.3) is 0 Å². The number of benzene rings is 4. The van der Waals surface area contributed by atoms with Crippen molar-refractivity contribution in [2.24, 2.45) is 0 Å². The fraction of sp³-hybridized carbons (Fsp3) is 0.353. The van der Waals surface area contributed by atoms with Crippen molar-refractivity contribution in [2.45, 2.75) is 77.7 Å². The molecule has 0 saturated carbocycles. The first-order valence-corrected chi connectivity index (χ1v) is 14.1. The zero-order valence-corrected chi connectivity index (χ0v) is 23.1. The largest absolute Gasteiger partial charge is 0.432 e. The Hall–Kier alpha value is -3.48. The Morgan fingerprint density at radius 1 is 0.610 bits per heavy atom. The van der Waals surface area contributed by atoms with Gasteiger partial charge >= 0.3 is 6.61 Å². The molecule has 0 spiro atoms. The fourth-order valence-corrected chi connectivity index (χ4v) is 5.15. The number of ether oxygens (including phenoxy) is 1. The second-order valence-electron chi connectivity index (χ2n) is 10.4. The van der Waals surface area contributed by atoms with Crippen LogP contribution >= 0.6 is 0 Å². The van der Waals surface area contributed by atoms with Gasteiger partial charge in [-0.2, -0.15) is 8.78 Å². The monoisotopic (exact) mass is 572 g/mol. The van der Waals surface area contributed by atoms with Crippen molar-refractivity contribution in [1.29, 1.82) is 0 Å². The number of alkyl halides is 2. The van der Waals surface area contributed by atoms with E-state index in [-0.39, 0.29) is 18.4 Å². The van der Waals surface area contributed by atoms with Crippen LogP contribution < -0.4 is 4.74 Å². The molecular weight excluding hydrogens is 538 g/mol. The van der Waals surface area contributed by atoms with Crippen molar-refractivity contribution >= 4 is 10.8 Å². The molecule has 4 aromatic rings. The molecule has 0 unspecified atom stereocenters. The average Bonchev–Trinajstić information content (AvgIpc) is 2.93. The lowest BCUT2D eigenvalue weighted by Gasteiger charge is -2.11.